The summed E-state index contributed by atoms with van der Waals surface area (Å²) in [7, 11) is 0. The maximum absolute atomic E-state index is 4.53. The molecule has 0 aliphatic rings. The zero-order valence-electron chi connectivity index (χ0n) is 11.2. The lowest BCUT2D eigenvalue weighted by Crippen LogP contribution is -2.25. The first-order valence-corrected chi connectivity index (χ1v) is 7.21. The lowest BCUT2D eigenvalue weighted by molar-refractivity contribution is 0.255. The molecule has 1 rings (SSSR count). The Bertz CT molecular complexity index is 304. The van der Waals surface area contributed by atoms with Crippen molar-refractivity contribution in [1.29, 1.82) is 0 Å². The van der Waals surface area contributed by atoms with Crippen molar-refractivity contribution in [2.45, 2.75) is 51.0 Å². The van der Waals surface area contributed by atoms with Crippen molar-refractivity contribution in [3.05, 3.63) is 29.8 Å². The summed E-state index contributed by atoms with van der Waals surface area (Å²) in [5.41, 5.74) is 1.35. The molecule has 1 aromatic rings. The van der Waals surface area contributed by atoms with Crippen LogP contribution in [-0.2, 0) is 6.54 Å². The molecule has 0 radical (unpaired) electrons. The molecule has 1 nitrogen and oxygen atoms in total. The SMILES string of the molecule is CCCCN(CCCC)Cc1ccccc1S. The highest BCUT2D eigenvalue weighted by Crippen LogP contribution is 2.16. The Kier molecular flexibility index (Phi) is 7.38. The number of nitrogens with zero attached hydrogens (tertiary/aromatic N) is 1. The lowest BCUT2D eigenvalue weighted by atomic mass is 10.2. The molecule has 0 bridgehead atoms. The van der Waals surface area contributed by atoms with E-state index in [1.807, 2.05) is 6.07 Å². The van der Waals surface area contributed by atoms with Crippen molar-refractivity contribution in [3.8, 4) is 0 Å². The number of benzene rings is 1. The fourth-order valence-corrected chi connectivity index (χ4v) is 2.15. The second-order valence-electron chi connectivity index (χ2n) is 4.61. The van der Waals surface area contributed by atoms with Crippen LogP contribution in [0.1, 0.15) is 45.1 Å². The quantitative estimate of drug-likeness (QED) is 0.671. The Morgan fingerprint density at radius 3 is 2.12 bits per heavy atom. The molecule has 0 heterocycles. The van der Waals surface area contributed by atoms with Crippen LogP contribution in [0, 0.1) is 0 Å². The summed E-state index contributed by atoms with van der Waals surface area (Å²) in [6.45, 7) is 7.96. The van der Waals surface area contributed by atoms with Gasteiger partial charge < -0.3 is 0 Å². The summed E-state index contributed by atoms with van der Waals surface area (Å²) in [6.07, 6.45) is 5.12. The second kappa shape index (κ2) is 8.60. The van der Waals surface area contributed by atoms with Crippen molar-refractivity contribution < 1.29 is 0 Å². The van der Waals surface area contributed by atoms with Crippen LogP contribution in [-0.4, -0.2) is 18.0 Å². The lowest BCUT2D eigenvalue weighted by Gasteiger charge is -2.22. The minimum Gasteiger partial charge on any atom is -0.299 e. The van der Waals surface area contributed by atoms with Crippen LogP contribution in [0.25, 0.3) is 0 Å². The Hall–Kier alpha value is -0.470. The van der Waals surface area contributed by atoms with E-state index in [0.29, 0.717) is 0 Å². The molecule has 0 fully saturated rings. The molecule has 0 aliphatic carbocycles. The molecule has 0 saturated heterocycles. The van der Waals surface area contributed by atoms with Gasteiger partial charge in [0.25, 0.3) is 0 Å². The minimum absolute atomic E-state index is 1.04. The molecule has 0 aliphatic heterocycles. The molecule has 0 spiro atoms. The van der Waals surface area contributed by atoms with E-state index in [-0.39, 0.29) is 0 Å². The van der Waals surface area contributed by atoms with Crippen molar-refractivity contribution in [2.75, 3.05) is 13.1 Å². The van der Waals surface area contributed by atoms with Crippen molar-refractivity contribution in [3.63, 3.8) is 0 Å². The largest absolute Gasteiger partial charge is 0.299 e. The topological polar surface area (TPSA) is 3.24 Å². The van der Waals surface area contributed by atoms with Gasteiger partial charge in [-0.25, -0.2) is 0 Å². The van der Waals surface area contributed by atoms with E-state index in [2.05, 4.69) is 49.6 Å². The summed E-state index contributed by atoms with van der Waals surface area (Å²) >= 11 is 4.53. The average Bonchev–Trinajstić information content (AvgIpc) is 2.35. The standard InChI is InChI=1S/C15H25NS/c1-3-5-11-16(12-6-4-2)13-14-9-7-8-10-15(14)17/h7-10,17H,3-6,11-13H2,1-2H3. The molecule has 0 amide bonds. The van der Waals surface area contributed by atoms with Gasteiger partial charge in [-0.2, -0.15) is 0 Å². The number of hydrogen-bond acceptors (Lipinski definition) is 2. The normalized spacial score (nSPS) is 11.1. The zero-order chi connectivity index (χ0) is 12.5. The Labute approximate surface area is 112 Å². The molecule has 2 heteroatoms. The highest BCUT2D eigenvalue weighted by Gasteiger charge is 2.06. The molecule has 0 aromatic heterocycles. The fraction of sp³-hybridized carbons (Fsp3) is 0.600. The van der Waals surface area contributed by atoms with E-state index in [1.54, 1.807) is 0 Å². The maximum atomic E-state index is 4.53. The van der Waals surface area contributed by atoms with Gasteiger partial charge in [-0.3, -0.25) is 4.90 Å². The zero-order valence-corrected chi connectivity index (χ0v) is 12.0. The Morgan fingerprint density at radius 1 is 1.00 bits per heavy atom. The van der Waals surface area contributed by atoms with Gasteiger partial charge in [-0.05, 0) is 37.6 Å². The number of rotatable bonds is 8. The molecule has 0 atom stereocenters. The molecule has 1 aromatic carbocycles. The van der Waals surface area contributed by atoms with Crippen LogP contribution in [0.15, 0.2) is 29.2 Å². The minimum atomic E-state index is 1.04. The smallest absolute Gasteiger partial charge is 0.0244 e. The first kappa shape index (κ1) is 14.6. The van der Waals surface area contributed by atoms with Gasteiger partial charge >= 0.3 is 0 Å². The van der Waals surface area contributed by atoms with Gasteiger partial charge in [0.2, 0.25) is 0 Å². The van der Waals surface area contributed by atoms with Crippen LogP contribution >= 0.6 is 12.6 Å². The number of hydrogen-bond donors (Lipinski definition) is 1. The number of unbranched alkanes of at least 4 members (excludes halogenated alkanes) is 2. The van der Waals surface area contributed by atoms with Crippen molar-refractivity contribution in [2.24, 2.45) is 0 Å². The van der Waals surface area contributed by atoms with E-state index in [4.69, 9.17) is 0 Å². The van der Waals surface area contributed by atoms with Gasteiger partial charge in [0.15, 0.2) is 0 Å². The molecule has 0 unspecified atom stereocenters. The number of thiol groups is 1. The summed E-state index contributed by atoms with van der Waals surface area (Å²) in [6, 6.07) is 8.42. The van der Waals surface area contributed by atoms with E-state index in [1.165, 1.54) is 44.3 Å². The van der Waals surface area contributed by atoms with Gasteiger partial charge in [-0.15, -0.1) is 12.6 Å². The summed E-state index contributed by atoms with van der Waals surface area (Å²) in [4.78, 5) is 3.67. The van der Waals surface area contributed by atoms with Crippen molar-refractivity contribution in [1.82, 2.24) is 4.90 Å². The highest BCUT2D eigenvalue weighted by atomic mass is 32.1. The Morgan fingerprint density at radius 2 is 1.59 bits per heavy atom. The first-order chi connectivity index (χ1) is 8.27. The van der Waals surface area contributed by atoms with Crippen LogP contribution in [0.4, 0.5) is 0 Å². The second-order valence-corrected chi connectivity index (χ2v) is 5.09. The van der Waals surface area contributed by atoms with Gasteiger partial charge in [-0.1, -0.05) is 44.9 Å². The van der Waals surface area contributed by atoms with Crippen LogP contribution in [0.3, 0.4) is 0 Å². The fourth-order valence-electron chi connectivity index (χ4n) is 1.92. The summed E-state index contributed by atoms with van der Waals surface area (Å²) in [5.74, 6) is 0. The summed E-state index contributed by atoms with van der Waals surface area (Å²) < 4.78 is 0. The van der Waals surface area contributed by atoms with Gasteiger partial charge in [0.05, 0.1) is 0 Å². The van der Waals surface area contributed by atoms with Gasteiger partial charge in [0.1, 0.15) is 0 Å². The third kappa shape index (κ3) is 5.60. The molecular weight excluding hydrogens is 226 g/mol. The van der Waals surface area contributed by atoms with Crippen molar-refractivity contribution >= 4 is 12.6 Å². The average molecular weight is 251 g/mol. The third-order valence-electron chi connectivity index (χ3n) is 3.04. The van der Waals surface area contributed by atoms with Crippen LogP contribution in [0.5, 0.6) is 0 Å². The molecule has 0 N–H and O–H groups in total. The summed E-state index contributed by atoms with van der Waals surface area (Å²) in [5, 5.41) is 0. The van der Waals surface area contributed by atoms with Crippen LogP contribution in [0.2, 0.25) is 0 Å². The Balaban J connectivity index is 2.55. The van der Waals surface area contributed by atoms with E-state index >= 15 is 0 Å². The maximum Gasteiger partial charge on any atom is 0.0244 e. The third-order valence-corrected chi connectivity index (χ3v) is 3.48. The monoisotopic (exact) mass is 251 g/mol. The molecule has 96 valence electrons. The predicted molar refractivity (Wildman–Crippen MR) is 78.8 cm³/mol. The van der Waals surface area contributed by atoms with E-state index in [0.717, 1.165) is 11.4 Å². The van der Waals surface area contributed by atoms with Crippen LogP contribution < -0.4 is 0 Å². The highest BCUT2D eigenvalue weighted by molar-refractivity contribution is 7.80. The first-order valence-electron chi connectivity index (χ1n) is 6.77. The predicted octanol–water partition coefficient (Wildman–Crippen LogP) is 4.38. The van der Waals surface area contributed by atoms with Gasteiger partial charge in [0, 0.05) is 11.4 Å². The van der Waals surface area contributed by atoms with E-state index < -0.39 is 0 Å². The molecule has 0 saturated carbocycles. The van der Waals surface area contributed by atoms with E-state index in [9.17, 15) is 0 Å². The molecular formula is C15H25NS. The molecule has 17 heavy (non-hydrogen) atoms.